The lowest BCUT2D eigenvalue weighted by atomic mass is 9.93. The molecule has 3 aromatic rings. The molecule has 0 spiro atoms. The van der Waals surface area contributed by atoms with Crippen LogP contribution in [0.5, 0.6) is 5.75 Å². The summed E-state index contributed by atoms with van der Waals surface area (Å²) < 4.78 is 5.46. The number of fused-ring (bicyclic) bond motifs is 1. The van der Waals surface area contributed by atoms with Crippen molar-refractivity contribution < 1.29 is 14.3 Å². The van der Waals surface area contributed by atoms with E-state index in [-0.39, 0.29) is 23.8 Å². The average molecular weight is 445 g/mol. The zero-order valence-corrected chi connectivity index (χ0v) is 19.4. The van der Waals surface area contributed by atoms with E-state index < -0.39 is 0 Å². The number of carbonyl (C=O) groups excluding carboxylic acids is 2. The van der Waals surface area contributed by atoms with Crippen molar-refractivity contribution in [2.75, 3.05) is 20.2 Å². The summed E-state index contributed by atoms with van der Waals surface area (Å²) in [6.07, 6.45) is 3.28. The molecular formula is C28H32N2O3. The minimum Gasteiger partial charge on any atom is -0.496 e. The molecule has 0 bridgehead atoms. The van der Waals surface area contributed by atoms with Crippen LogP contribution in [0.1, 0.15) is 54.6 Å². The lowest BCUT2D eigenvalue weighted by Gasteiger charge is -2.32. The van der Waals surface area contributed by atoms with E-state index >= 15 is 0 Å². The highest BCUT2D eigenvalue weighted by atomic mass is 16.5. The van der Waals surface area contributed by atoms with Gasteiger partial charge in [-0.2, -0.15) is 0 Å². The Kier molecular flexibility index (Phi) is 7.28. The summed E-state index contributed by atoms with van der Waals surface area (Å²) >= 11 is 0. The van der Waals surface area contributed by atoms with Gasteiger partial charge < -0.3 is 15.0 Å². The van der Waals surface area contributed by atoms with Gasteiger partial charge in [-0.25, -0.2) is 0 Å². The molecule has 0 radical (unpaired) electrons. The van der Waals surface area contributed by atoms with E-state index in [1.807, 2.05) is 59.5 Å². The number of likely N-dealkylation sites (tertiary alicyclic amines) is 1. The van der Waals surface area contributed by atoms with Gasteiger partial charge in [0, 0.05) is 30.0 Å². The van der Waals surface area contributed by atoms with Crippen molar-refractivity contribution in [2.24, 2.45) is 5.92 Å². The van der Waals surface area contributed by atoms with Gasteiger partial charge >= 0.3 is 0 Å². The number of methoxy groups -OCH3 is 1. The molecule has 0 unspecified atom stereocenters. The van der Waals surface area contributed by atoms with Gasteiger partial charge in [-0.1, -0.05) is 67.9 Å². The number of carbonyl (C=O) groups is 2. The largest absolute Gasteiger partial charge is 0.496 e. The Balaban J connectivity index is 1.41. The van der Waals surface area contributed by atoms with Crippen molar-refractivity contribution in [2.45, 2.75) is 38.6 Å². The smallest absolute Gasteiger partial charge is 0.254 e. The maximum atomic E-state index is 13.3. The molecule has 3 aromatic carbocycles. The van der Waals surface area contributed by atoms with Crippen LogP contribution in [-0.4, -0.2) is 36.9 Å². The van der Waals surface area contributed by atoms with Crippen molar-refractivity contribution in [1.29, 1.82) is 0 Å². The molecule has 2 amide bonds. The van der Waals surface area contributed by atoms with Crippen LogP contribution in [0.3, 0.4) is 0 Å². The van der Waals surface area contributed by atoms with Gasteiger partial charge in [0.2, 0.25) is 5.91 Å². The number of piperidine rings is 1. The molecule has 4 rings (SSSR count). The minimum absolute atomic E-state index is 0.0147. The van der Waals surface area contributed by atoms with E-state index in [0.29, 0.717) is 31.5 Å². The number of hydrogen-bond donors (Lipinski definition) is 1. The molecular weight excluding hydrogens is 412 g/mol. The predicted molar refractivity (Wildman–Crippen MR) is 131 cm³/mol. The summed E-state index contributed by atoms with van der Waals surface area (Å²) in [6, 6.07) is 21.7. The van der Waals surface area contributed by atoms with Gasteiger partial charge in [0.15, 0.2) is 0 Å². The molecule has 0 saturated carbocycles. The first-order chi connectivity index (χ1) is 16.1. The summed E-state index contributed by atoms with van der Waals surface area (Å²) in [4.78, 5) is 28.2. The normalized spacial score (nSPS) is 15.3. The summed E-state index contributed by atoms with van der Waals surface area (Å²) in [6.45, 7) is 3.30. The van der Waals surface area contributed by atoms with Gasteiger partial charge in [0.05, 0.1) is 13.2 Å². The van der Waals surface area contributed by atoms with E-state index in [1.54, 1.807) is 7.11 Å². The van der Waals surface area contributed by atoms with Gasteiger partial charge in [-0.3, -0.25) is 9.59 Å². The first-order valence-corrected chi connectivity index (χ1v) is 11.8. The van der Waals surface area contributed by atoms with Crippen molar-refractivity contribution >= 4 is 22.6 Å². The van der Waals surface area contributed by atoms with Gasteiger partial charge in [-0.15, -0.1) is 0 Å². The Morgan fingerprint density at radius 2 is 1.64 bits per heavy atom. The Morgan fingerprint density at radius 1 is 0.970 bits per heavy atom. The molecule has 1 aliphatic heterocycles. The van der Waals surface area contributed by atoms with E-state index in [0.717, 1.165) is 34.9 Å². The zero-order chi connectivity index (χ0) is 23.2. The lowest BCUT2D eigenvalue weighted by Crippen LogP contribution is -2.43. The van der Waals surface area contributed by atoms with Gasteiger partial charge in [-0.05, 0) is 42.3 Å². The standard InChI is InChI=1S/C28H32N2O3/c1-3-9-25(20-10-5-4-6-11-20)29-27(31)21-16-18-30(19-17-21)28(32)24-14-15-26(33-2)23-13-8-7-12-22(23)24/h4-8,10-15,21,25H,3,9,16-19H2,1-2H3,(H,29,31)/t25-/m1/s1. The van der Waals surface area contributed by atoms with Crippen LogP contribution in [0.2, 0.25) is 0 Å². The molecule has 1 fully saturated rings. The van der Waals surface area contributed by atoms with Crippen molar-refractivity contribution in [1.82, 2.24) is 10.2 Å². The molecule has 5 nitrogen and oxygen atoms in total. The third-order valence-electron chi connectivity index (χ3n) is 6.58. The Morgan fingerprint density at radius 3 is 2.30 bits per heavy atom. The predicted octanol–water partition coefficient (Wildman–Crippen LogP) is 5.36. The fourth-order valence-electron chi connectivity index (χ4n) is 4.74. The number of ether oxygens (including phenoxy) is 1. The van der Waals surface area contributed by atoms with E-state index in [2.05, 4.69) is 24.4 Å². The molecule has 5 heteroatoms. The van der Waals surface area contributed by atoms with Crippen LogP contribution >= 0.6 is 0 Å². The fourth-order valence-corrected chi connectivity index (χ4v) is 4.74. The maximum Gasteiger partial charge on any atom is 0.254 e. The Labute approximate surface area is 195 Å². The summed E-state index contributed by atoms with van der Waals surface area (Å²) in [7, 11) is 1.64. The van der Waals surface area contributed by atoms with Crippen molar-refractivity contribution in [3.8, 4) is 5.75 Å². The highest BCUT2D eigenvalue weighted by Gasteiger charge is 2.29. The zero-order valence-electron chi connectivity index (χ0n) is 19.4. The second-order valence-corrected chi connectivity index (χ2v) is 8.69. The molecule has 0 aromatic heterocycles. The number of nitrogens with one attached hydrogen (secondary N) is 1. The minimum atomic E-state index is -0.0651. The molecule has 1 saturated heterocycles. The van der Waals surface area contributed by atoms with Crippen LogP contribution in [0.25, 0.3) is 10.8 Å². The first kappa shape index (κ1) is 22.8. The van der Waals surface area contributed by atoms with Crippen molar-refractivity contribution in [3.05, 3.63) is 77.9 Å². The molecule has 1 atom stereocenters. The molecule has 0 aliphatic carbocycles. The summed E-state index contributed by atoms with van der Waals surface area (Å²) in [5.41, 5.74) is 1.83. The SMILES string of the molecule is CCC[C@@H](NC(=O)C1CCN(C(=O)c2ccc(OC)c3ccccc23)CC1)c1ccccc1. The molecule has 33 heavy (non-hydrogen) atoms. The van der Waals surface area contributed by atoms with Crippen LogP contribution in [0, 0.1) is 5.92 Å². The van der Waals surface area contributed by atoms with Gasteiger partial charge in [0.1, 0.15) is 5.75 Å². The molecule has 1 aliphatic rings. The van der Waals surface area contributed by atoms with Gasteiger partial charge in [0.25, 0.3) is 5.91 Å². The number of amides is 2. The topological polar surface area (TPSA) is 58.6 Å². The molecule has 172 valence electrons. The van der Waals surface area contributed by atoms with Crippen LogP contribution < -0.4 is 10.1 Å². The maximum absolute atomic E-state index is 13.3. The summed E-state index contributed by atoms with van der Waals surface area (Å²) in [5, 5.41) is 5.09. The second kappa shape index (κ2) is 10.5. The van der Waals surface area contributed by atoms with E-state index in [4.69, 9.17) is 4.74 Å². The number of rotatable bonds is 7. The van der Waals surface area contributed by atoms with E-state index in [9.17, 15) is 9.59 Å². The quantitative estimate of drug-likeness (QED) is 0.534. The van der Waals surface area contributed by atoms with Crippen LogP contribution in [-0.2, 0) is 4.79 Å². The monoisotopic (exact) mass is 444 g/mol. The number of nitrogens with zero attached hydrogens (tertiary/aromatic N) is 1. The Hall–Kier alpha value is -3.34. The molecule has 1 heterocycles. The van der Waals surface area contributed by atoms with Crippen LogP contribution in [0.15, 0.2) is 66.7 Å². The highest BCUT2D eigenvalue weighted by molar-refractivity contribution is 6.08. The second-order valence-electron chi connectivity index (χ2n) is 8.69. The third-order valence-corrected chi connectivity index (χ3v) is 6.58. The van der Waals surface area contributed by atoms with Crippen LogP contribution in [0.4, 0.5) is 0 Å². The lowest BCUT2D eigenvalue weighted by molar-refractivity contribution is -0.127. The van der Waals surface area contributed by atoms with E-state index in [1.165, 1.54) is 0 Å². The third kappa shape index (κ3) is 5.03. The Bertz CT molecular complexity index is 1100. The molecule has 1 N–H and O–H groups in total. The van der Waals surface area contributed by atoms with Crippen molar-refractivity contribution in [3.63, 3.8) is 0 Å². The highest BCUT2D eigenvalue weighted by Crippen LogP contribution is 2.30. The fraction of sp³-hybridized carbons (Fsp3) is 0.357. The summed E-state index contributed by atoms with van der Waals surface area (Å²) in [5.74, 6) is 0.808. The number of hydrogen-bond acceptors (Lipinski definition) is 3. The number of benzene rings is 3. The average Bonchev–Trinajstić information content (AvgIpc) is 2.88. The first-order valence-electron chi connectivity index (χ1n) is 11.8.